The van der Waals surface area contributed by atoms with Crippen LogP contribution < -0.4 is 0 Å². The van der Waals surface area contributed by atoms with Gasteiger partial charge in [-0.05, 0) is 97.5 Å². The topological polar surface area (TPSA) is 38.7 Å². The fourth-order valence-electron chi connectivity index (χ4n) is 8.27. The second-order valence-corrected chi connectivity index (χ2v) is 12.8. The Bertz CT molecular complexity index is 931. The minimum absolute atomic E-state index is 0.188. The van der Waals surface area contributed by atoms with Gasteiger partial charge in [-0.15, -0.1) is 11.3 Å². The number of thiophene rings is 1. The number of ether oxygens (including phenoxy) is 2. The van der Waals surface area contributed by atoms with Crippen LogP contribution in [0, 0.1) is 41.4 Å². The van der Waals surface area contributed by atoms with Gasteiger partial charge < -0.3 is 14.6 Å². The van der Waals surface area contributed by atoms with E-state index in [2.05, 4.69) is 51.3 Å². The van der Waals surface area contributed by atoms with Crippen molar-refractivity contribution in [3.8, 4) is 0 Å². The molecular formula is C29H42O3S. The number of allylic oxidation sites excluding steroid dienone is 2. The zero-order valence-corrected chi connectivity index (χ0v) is 21.9. The van der Waals surface area contributed by atoms with Gasteiger partial charge in [0.05, 0.1) is 12.2 Å². The Kier molecular flexibility index (Phi) is 6.44. The molecule has 2 fully saturated rings. The first-order valence-corrected chi connectivity index (χ1v) is 13.9. The van der Waals surface area contributed by atoms with E-state index in [9.17, 15) is 5.11 Å². The molecule has 3 nitrogen and oxygen atoms in total. The van der Waals surface area contributed by atoms with Crippen LogP contribution in [0.1, 0.15) is 82.3 Å². The highest BCUT2D eigenvalue weighted by Gasteiger charge is 2.57. The first kappa shape index (κ1) is 23.8. The smallest absolute Gasteiger partial charge is 0.146 e. The van der Waals surface area contributed by atoms with Crippen molar-refractivity contribution in [1.29, 1.82) is 0 Å². The molecule has 0 aromatic carbocycles. The molecule has 1 aromatic heterocycles. The Hall–Kier alpha value is -0.940. The lowest BCUT2D eigenvalue weighted by Crippen LogP contribution is -2.50. The van der Waals surface area contributed by atoms with Crippen molar-refractivity contribution in [3.05, 3.63) is 45.2 Å². The van der Waals surface area contributed by atoms with E-state index in [0.29, 0.717) is 24.2 Å². The zero-order valence-electron chi connectivity index (χ0n) is 21.1. The second kappa shape index (κ2) is 8.93. The van der Waals surface area contributed by atoms with E-state index in [1.807, 2.05) is 0 Å². The van der Waals surface area contributed by atoms with Crippen molar-refractivity contribution in [3.63, 3.8) is 0 Å². The predicted octanol–water partition coefficient (Wildman–Crippen LogP) is 7.21. The molecule has 1 heterocycles. The van der Waals surface area contributed by atoms with Crippen LogP contribution in [-0.4, -0.2) is 25.1 Å². The van der Waals surface area contributed by atoms with Crippen molar-refractivity contribution in [2.75, 3.05) is 13.9 Å². The molecule has 5 rings (SSSR count). The number of aliphatic hydroxyl groups excluding tert-OH is 1. The van der Waals surface area contributed by atoms with E-state index in [1.165, 1.54) is 43.2 Å². The van der Waals surface area contributed by atoms with E-state index >= 15 is 0 Å². The van der Waals surface area contributed by atoms with Gasteiger partial charge in [0, 0.05) is 17.9 Å². The van der Waals surface area contributed by atoms with E-state index < -0.39 is 0 Å². The van der Waals surface area contributed by atoms with Gasteiger partial charge in [0.2, 0.25) is 0 Å². The number of methoxy groups -OCH3 is 1. The molecule has 0 unspecified atom stereocenters. The first-order valence-electron chi connectivity index (χ1n) is 13.0. The maximum absolute atomic E-state index is 11.2. The molecule has 0 aliphatic heterocycles. The molecule has 182 valence electrons. The summed E-state index contributed by atoms with van der Waals surface area (Å²) in [5.41, 5.74) is 5.00. The third-order valence-corrected chi connectivity index (χ3v) is 11.2. The summed E-state index contributed by atoms with van der Waals surface area (Å²) in [5.74, 6) is 2.44. The van der Waals surface area contributed by atoms with Crippen molar-refractivity contribution >= 4 is 11.3 Å². The van der Waals surface area contributed by atoms with E-state index in [-0.39, 0.29) is 17.4 Å². The van der Waals surface area contributed by atoms with Crippen molar-refractivity contribution in [1.82, 2.24) is 0 Å². The third kappa shape index (κ3) is 3.90. The van der Waals surface area contributed by atoms with Crippen LogP contribution in [0.4, 0.5) is 0 Å². The zero-order chi connectivity index (χ0) is 23.4. The van der Waals surface area contributed by atoms with Crippen LogP contribution in [0.2, 0.25) is 0 Å². The van der Waals surface area contributed by atoms with Gasteiger partial charge in [-0.25, -0.2) is 0 Å². The molecule has 0 amide bonds. The minimum Gasteiger partial charge on any atom is -0.387 e. The van der Waals surface area contributed by atoms with Crippen LogP contribution in [-0.2, 0) is 9.47 Å². The monoisotopic (exact) mass is 470 g/mol. The Morgan fingerprint density at radius 3 is 2.64 bits per heavy atom. The highest BCUT2D eigenvalue weighted by atomic mass is 32.1. The van der Waals surface area contributed by atoms with E-state index in [4.69, 9.17) is 9.47 Å². The highest BCUT2D eigenvalue weighted by molar-refractivity contribution is 7.10. The molecule has 1 N–H and O–H groups in total. The van der Waals surface area contributed by atoms with Gasteiger partial charge in [-0.3, -0.25) is 0 Å². The van der Waals surface area contributed by atoms with Crippen LogP contribution >= 0.6 is 11.3 Å². The molecule has 4 aliphatic rings. The largest absolute Gasteiger partial charge is 0.387 e. The summed E-state index contributed by atoms with van der Waals surface area (Å²) >= 11 is 1.70. The molecule has 33 heavy (non-hydrogen) atoms. The molecular weight excluding hydrogens is 428 g/mol. The summed E-state index contributed by atoms with van der Waals surface area (Å²) in [4.78, 5) is 1.12. The standard InChI is InChI=1S/C29H42O3S/c1-18-14-26(33-16-18)27(30)19(2)23-8-9-24-22-7-6-20-15-21(32-17-31-5)10-12-28(20,3)25(22)11-13-29(23,24)4/h6,8,14,16,19,21-22,24-25,27,30H,7,9-13,15,17H2,1-5H3/t19-,21-,22-,24-,25-,27-,28-,29+/m0/s1. The van der Waals surface area contributed by atoms with Crippen LogP contribution in [0.15, 0.2) is 34.7 Å². The Labute approximate surface area is 204 Å². The Morgan fingerprint density at radius 2 is 1.91 bits per heavy atom. The summed E-state index contributed by atoms with van der Waals surface area (Å²) in [5, 5.41) is 13.4. The normalized spacial score (nSPS) is 39.7. The lowest BCUT2D eigenvalue weighted by molar-refractivity contribution is -0.0949. The van der Waals surface area contributed by atoms with Gasteiger partial charge in [-0.1, -0.05) is 44.1 Å². The fourth-order valence-corrected chi connectivity index (χ4v) is 9.25. The lowest BCUT2D eigenvalue weighted by Gasteiger charge is -2.58. The average molecular weight is 471 g/mol. The number of fused-ring (bicyclic) bond motifs is 5. The van der Waals surface area contributed by atoms with Gasteiger partial charge in [0.25, 0.3) is 0 Å². The van der Waals surface area contributed by atoms with Crippen LogP contribution in [0.25, 0.3) is 0 Å². The fraction of sp³-hybridized carbons (Fsp3) is 0.724. The number of hydrogen-bond acceptors (Lipinski definition) is 4. The molecule has 0 bridgehead atoms. The lowest BCUT2D eigenvalue weighted by atomic mass is 9.47. The van der Waals surface area contributed by atoms with E-state index in [1.54, 1.807) is 24.0 Å². The van der Waals surface area contributed by atoms with Gasteiger partial charge >= 0.3 is 0 Å². The number of aliphatic hydroxyl groups is 1. The van der Waals surface area contributed by atoms with Crippen molar-refractivity contribution in [2.45, 2.75) is 84.8 Å². The summed E-state index contributed by atoms with van der Waals surface area (Å²) in [6.45, 7) is 9.86. The number of hydrogen-bond donors (Lipinski definition) is 1. The molecule has 1 aromatic rings. The quantitative estimate of drug-likeness (QED) is 0.352. The van der Waals surface area contributed by atoms with Crippen LogP contribution in [0.5, 0.6) is 0 Å². The van der Waals surface area contributed by atoms with Crippen molar-refractivity contribution in [2.24, 2.45) is 34.5 Å². The maximum atomic E-state index is 11.2. The minimum atomic E-state index is -0.388. The van der Waals surface area contributed by atoms with Gasteiger partial charge in [0.15, 0.2) is 0 Å². The maximum Gasteiger partial charge on any atom is 0.146 e. The molecule has 2 saturated carbocycles. The summed E-state index contributed by atoms with van der Waals surface area (Å²) in [6.07, 6.45) is 13.5. The molecule has 8 atom stereocenters. The number of rotatable bonds is 6. The van der Waals surface area contributed by atoms with Crippen molar-refractivity contribution < 1.29 is 14.6 Å². The summed E-state index contributed by atoms with van der Waals surface area (Å²) in [6, 6.07) is 2.17. The molecule has 0 saturated heterocycles. The predicted molar refractivity (Wildman–Crippen MR) is 135 cm³/mol. The number of aryl methyl sites for hydroxylation is 1. The summed E-state index contributed by atoms with van der Waals surface area (Å²) in [7, 11) is 1.71. The van der Waals surface area contributed by atoms with E-state index in [0.717, 1.165) is 29.6 Å². The summed E-state index contributed by atoms with van der Waals surface area (Å²) < 4.78 is 11.1. The van der Waals surface area contributed by atoms with Crippen LogP contribution in [0.3, 0.4) is 0 Å². The Morgan fingerprint density at radius 1 is 1.12 bits per heavy atom. The third-order valence-electron chi connectivity index (χ3n) is 10.1. The molecule has 0 radical (unpaired) electrons. The van der Waals surface area contributed by atoms with Gasteiger partial charge in [0.1, 0.15) is 6.79 Å². The SMILES string of the molecule is COCO[C@H]1CC[C@@]2(C)C(=CC[C@@H]3[C@@H]2CC[C@]2(C)C([C@H](C)[C@H](O)c4cc(C)cs4)=CC[C@@H]32)C1. The molecule has 0 spiro atoms. The Balaban J connectivity index is 1.34. The molecule has 4 heteroatoms. The van der Waals surface area contributed by atoms with Gasteiger partial charge in [-0.2, -0.15) is 0 Å². The average Bonchev–Trinajstić information content (AvgIpc) is 3.39. The second-order valence-electron chi connectivity index (χ2n) is 11.8. The molecule has 4 aliphatic carbocycles. The highest BCUT2D eigenvalue weighted by Crippen LogP contribution is 2.66. The first-order chi connectivity index (χ1) is 15.8.